The second-order valence-corrected chi connectivity index (χ2v) is 5.70. The molecule has 2 amide bonds. The van der Waals surface area contributed by atoms with Gasteiger partial charge < -0.3 is 15.2 Å². The Morgan fingerprint density at radius 1 is 1.16 bits per heavy atom. The van der Waals surface area contributed by atoms with Crippen molar-refractivity contribution < 1.29 is 14.1 Å². The summed E-state index contributed by atoms with van der Waals surface area (Å²) < 4.78 is 5.44. The van der Waals surface area contributed by atoms with Crippen molar-refractivity contribution >= 4 is 22.7 Å². The van der Waals surface area contributed by atoms with Gasteiger partial charge in [-0.2, -0.15) is 0 Å². The Hall–Kier alpha value is -3.15. The molecular weight excluding hydrogens is 318 g/mol. The summed E-state index contributed by atoms with van der Waals surface area (Å²) in [5.41, 5.74) is 2.01. The van der Waals surface area contributed by atoms with Crippen LogP contribution in [0.1, 0.15) is 24.2 Å². The Balaban J connectivity index is 1.88. The molecule has 0 saturated carbocycles. The minimum absolute atomic E-state index is 0.216. The molecule has 25 heavy (non-hydrogen) atoms. The van der Waals surface area contributed by atoms with Crippen LogP contribution in [-0.4, -0.2) is 29.6 Å². The molecule has 0 spiro atoms. The van der Waals surface area contributed by atoms with Crippen molar-refractivity contribution in [1.29, 1.82) is 0 Å². The van der Waals surface area contributed by atoms with E-state index in [4.69, 9.17) is 4.52 Å². The second-order valence-electron chi connectivity index (χ2n) is 5.70. The molecule has 0 aliphatic heterocycles. The van der Waals surface area contributed by atoms with Crippen molar-refractivity contribution in [2.45, 2.75) is 19.9 Å². The van der Waals surface area contributed by atoms with Gasteiger partial charge in [0.15, 0.2) is 5.76 Å². The van der Waals surface area contributed by atoms with Gasteiger partial charge in [0.2, 0.25) is 5.91 Å². The van der Waals surface area contributed by atoms with Crippen LogP contribution >= 0.6 is 0 Å². The van der Waals surface area contributed by atoms with Gasteiger partial charge in [0.05, 0.1) is 5.39 Å². The zero-order valence-corrected chi connectivity index (χ0v) is 14.1. The number of likely N-dealkylation sites (N-methyl/N-ethyl adjacent to an activating group) is 1. The van der Waals surface area contributed by atoms with Crippen molar-refractivity contribution in [2.75, 3.05) is 6.54 Å². The van der Waals surface area contributed by atoms with Crippen LogP contribution in [0, 0.1) is 0 Å². The van der Waals surface area contributed by atoms with Gasteiger partial charge in [-0.1, -0.05) is 35.5 Å². The second kappa shape index (κ2) is 7.17. The van der Waals surface area contributed by atoms with E-state index in [-0.39, 0.29) is 11.8 Å². The SMILES string of the molecule is CCNC(=O)[C@H](C)NC(=O)c1ccc2noc(-c3ccccc3)c2c1. The number of nitrogens with one attached hydrogen (secondary N) is 2. The van der Waals surface area contributed by atoms with Gasteiger partial charge in [-0.3, -0.25) is 9.59 Å². The summed E-state index contributed by atoms with van der Waals surface area (Å²) in [4.78, 5) is 24.2. The van der Waals surface area contributed by atoms with E-state index in [1.165, 1.54) is 0 Å². The highest BCUT2D eigenvalue weighted by molar-refractivity contribution is 6.02. The van der Waals surface area contributed by atoms with Crippen molar-refractivity contribution in [3.63, 3.8) is 0 Å². The first kappa shape index (κ1) is 16.7. The average molecular weight is 337 g/mol. The lowest BCUT2D eigenvalue weighted by atomic mass is 10.1. The van der Waals surface area contributed by atoms with E-state index in [1.807, 2.05) is 37.3 Å². The lowest BCUT2D eigenvalue weighted by Crippen LogP contribution is -2.44. The summed E-state index contributed by atoms with van der Waals surface area (Å²) in [6.45, 7) is 4.00. The number of benzene rings is 2. The van der Waals surface area contributed by atoms with Crippen LogP contribution in [-0.2, 0) is 4.79 Å². The molecule has 0 bridgehead atoms. The number of carbonyl (C=O) groups excluding carboxylic acids is 2. The number of amides is 2. The van der Waals surface area contributed by atoms with Gasteiger partial charge in [0, 0.05) is 17.7 Å². The molecule has 3 rings (SSSR count). The third-order valence-corrected chi connectivity index (χ3v) is 3.87. The average Bonchev–Trinajstić information content (AvgIpc) is 3.05. The van der Waals surface area contributed by atoms with Gasteiger partial charge in [-0.15, -0.1) is 0 Å². The summed E-state index contributed by atoms with van der Waals surface area (Å²) in [6, 6.07) is 14.1. The lowest BCUT2D eigenvalue weighted by molar-refractivity contribution is -0.122. The largest absolute Gasteiger partial charge is 0.355 e. The molecule has 6 nitrogen and oxygen atoms in total. The van der Waals surface area contributed by atoms with Crippen LogP contribution in [0.3, 0.4) is 0 Å². The monoisotopic (exact) mass is 337 g/mol. The Kier molecular flexibility index (Phi) is 4.79. The van der Waals surface area contributed by atoms with Crippen LogP contribution in [0.4, 0.5) is 0 Å². The number of carbonyl (C=O) groups is 2. The topological polar surface area (TPSA) is 84.2 Å². The number of hydrogen-bond acceptors (Lipinski definition) is 4. The predicted molar refractivity (Wildman–Crippen MR) is 95.1 cm³/mol. The van der Waals surface area contributed by atoms with E-state index in [2.05, 4.69) is 15.8 Å². The minimum atomic E-state index is -0.612. The van der Waals surface area contributed by atoms with E-state index < -0.39 is 6.04 Å². The highest BCUT2D eigenvalue weighted by Crippen LogP contribution is 2.29. The smallest absolute Gasteiger partial charge is 0.251 e. The molecule has 1 aromatic heterocycles. The molecule has 0 aliphatic carbocycles. The molecule has 0 aliphatic rings. The van der Waals surface area contributed by atoms with Gasteiger partial charge in [-0.05, 0) is 32.0 Å². The maximum atomic E-state index is 12.4. The van der Waals surface area contributed by atoms with E-state index >= 15 is 0 Å². The molecule has 2 N–H and O–H groups in total. The lowest BCUT2D eigenvalue weighted by Gasteiger charge is -2.13. The number of rotatable bonds is 5. The molecular formula is C19H19N3O3. The molecule has 0 unspecified atom stereocenters. The van der Waals surface area contributed by atoms with Crippen molar-refractivity contribution in [3.05, 3.63) is 54.1 Å². The molecule has 128 valence electrons. The fourth-order valence-corrected chi connectivity index (χ4v) is 2.55. The zero-order valence-electron chi connectivity index (χ0n) is 14.1. The van der Waals surface area contributed by atoms with Gasteiger partial charge in [-0.25, -0.2) is 0 Å². The van der Waals surface area contributed by atoms with Crippen molar-refractivity contribution in [3.8, 4) is 11.3 Å². The standard InChI is InChI=1S/C19H19N3O3/c1-3-20-18(23)12(2)21-19(24)14-9-10-16-15(11-14)17(25-22-16)13-7-5-4-6-8-13/h4-12H,3H2,1-2H3,(H,20,23)(H,21,24)/t12-/m0/s1. The molecule has 1 atom stereocenters. The number of aromatic nitrogens is 1. The first-order valence-corrected chi connectivity index (χ1v) is 8.13. The number of nitrogens with zero attached hydrogens (tertiary/aromatic N) is 1. The third-order valence-electron chi connectivity index (χ3n) is 3.87. The zero-order chi connectivity index (χ0) is 17.8. The van der Waals surface area contributed by atoms with Gasteiger partial charge in [0.1, 0.15) is 11.6 Å². The van der Waals surface area contributed by atoms with Crippen molar-refractivity contribution in [1.82, 2.24) is 15.8 Å². The predicted octanol–water partition coefficient (Wildman–Crippen LogP) is 2.75. The van der Waals surface area contributed by atoms with E-state index in [1.54, 1.807) is 25.1 Å². The van der Waals surface area contributed by atoms with Gasteiger partial charge in [0.25, 0.3) is 5.91 Å². The quantitative estimate of drug-likeness (QED) is 0.750. The van der Waals surface area contributed by atoms with E-state index in [0.29, 0.717) is 23.4 Å². The number of hydrogen-bond donors (Lipinski definition) is 2. The highest BCUT2D eigenvalue weighted by atomic mass is 16.5. The fourth-order valence-electron chi connectivity index (χ4n) is 2.55. The van der Waals surface area contributed by atoms with E-state index in [0.717, 1.165) is 10.9 Å². The molecule has 3 aromatic rings. The maximum Gasteiger partial charge on any atom is 0.251 e. The Morgan fingerprint density at radius 3 is 2.64 bits per heavy atom. The first-order chi connectivity index (χ1) is 12.1. The molecule has 1 heterocycles. The summed E-state index contributed by atoms with van der Waals surface area (Å²) in [6.07, 6.45) is 0. The third kappa shape index (κ3) is 3.52. The summed E-state index contributed by atoms with van der Waals surface area (Å²) >= 11 is 0. The van der Waals surface area contributed by atoms with Crippen LogP contribution in [0.15, 0.2) is 53.1 Å². The molecule has 6 heteroatoms. The normalized spacial score (nSPS) is 11.9. The fraction of sp³-hybridized carbons (Fsp3) is 0.211. The van der Waals surface area contributed by atoms with Crippen LogP contribution in [0.25, 0.3) is 22.2 Å². The first-order valence-electron chi connectivity index (χ1n) is 8.13. The molecule has 0 saturated heterocycles. The van der Waals surface area contributed by atoms with Crippen LogP contribution in [0.5, 0.6) is 0 Å². The minimum Gasteiger partial charge on any atom is -0.355 e. The van der Waals surface area contributed by atoms with Crippen molar-refractivity contribution in [2.24, 2.45) is 0 Å². The maximum absolute atomic E-state index is 12.4. The van der Waals surface area contributed by atoms with Crippen LogP contribution < -0.4 is 10.6 Å². The highest BCUT2D eigenvalue weighted by Gasteiger charge is 2.18. The number of fused-ring (bicyclic) bond motifs is 1. The molecule has 2 aromatic carbocycles. The Morgan fingerprint density at radius 2 is 1.92 bits per heavy atom. The van der Waals surface area contributed by atoms with E-state index in [9.17, 15) is 9.59 Å². The van der Waals surface area contributed by atoms with Crippen LogP contribution in [0.2, 0.25) is 0 Å². The Bertz CT molecular complexity index is 903. The summed E-state index contributed by atoms with van der Waals surface area (Å²) in [5.74, 6) is 0.0785. The van der Waals surface area contributed by atoms with Gasteiger partial charge >= 0.3 is 0 Å². The summed E-state index contributed by atoms with van der Waals surface area (Å²) in [7, 11) is 0. The summed E-state index contributed by atoms with van der Waals surface area (Å²) in [5, 5.41) is 10.2. The molecule has 0 fully saturated rings. The molecule has 0 radical (unpaired) electrons. The Labute approximate surface area is 145 Å².